The van der Waals surface area contributed by atoms with Gasteiger partial charge in [-0.25, -0.2) is 0 Å². The third kappa shape index (κ3) is 1.73. The molecule has 106 valence electrons. The van der Waals surface area contributed by atoms with Gasteiger partial charge in [0.15, 0.2) is 0 Å². The molecule has 0 bridgehead atoms. The molecule has 2 unspecified atom stereocenters. The summed E-state index contributed by atoms with van der Waals surface area (Å²) in [6, 6.07) is 0.965. The summed E-state index contributed by atoms with van der Waals surface area (Å²) in [5.74, 6) is 0. The fourth-order valence-corrected chi connectivity index (χ4v) is 4.28. The molecule has 3 N–H and O–H groups in total. The number of nitrogens with zero attached hydrogens (tertiary/aromatic N) is 2. The summed E-state index contributed by atoms with van der Waals surface area (Å²) in [5, 5.41) is 9.17. The lowest BCUT2D eigenvalue weighted by molar-refractivity contribution is 0.474. The summed E-state index contributed by atoms with van der Waals surface area (Å²) in [4.78, 5) is 1.36. The summed E-state index contributed by atoms with van der Waals surface area (Å²) in [5.41, 5.74) is 11.7. The maximum atomic E-state index is 6.26. The molecule has 0 amide bonds. The van der Waals surface area contributed by atoms with Crippen LogP contribution >= 0.6 is 11.3 Å². The summed E-state index contributed by atoms with van der Waals surface area (Å²) in [6.07, 6.45) is 5.46. The van der Waals surface area contributed by atoms with Crippen LogP contribution < -0.4 is 11.1 Å². The number of rotatable bonds is 3. The lowest BCUT2D eigenvalue weighted by Gasteiger charge is -2.11. The van der Waals surface area contributed by atoms with E-state index < -0.39 is 0 Å². The van der Waals surface area contributed by atoms with Gasteiger partial charge in [0.25, 0.3) is 0 Å². The fraction of sp³-hybridized carbons (Fsp3) is 0.533. The molecule has 0 spiro atoms. The Labute approximate surface area is 123 Å². The van der Waals surface area contributed by atoms with Crippen molar-refractivity contribution in [2.45, 2.75) is 45.2 Å². The van der Waals surface area contributed by atoms with Crippen molar-refractivity contribution in [1.82, 2.24) is 15.1 Å². The molecule has 4 rings (SSSR count). The van der Waals surface area contributed by atoms with E-state index >= 15 is 0 Å². The SMILES string of the molecule is CCC(C)n1cc2c(n1)CCc1c-2sc(N)c1C1CN1. The van der Waals surface area contributed by atoms with Gasteiger partial charge in [-0.05, 0) is 31.7 Å². The topological polar surface area (TPSA) is 65.8 Å². The molecular formula is C15H20N4S. The van der Waals surface area contributed by atoms with E-state index in [0.717, 1.165) is 30.8 Å². The van der Waals surface area contributed by atoms with Crippen LogP contribution in [0.3, 0.4) is 0 Å². The quantitative estimate of drug-likeness (QED) is 0.853. The summed E-state index contributed by atoms with van der Waals surface area (Å²) < 4.78 is 2.13. The van der Waals surface area contributed by atoms with Gasteiger partial charge in [-0.3, -0.25) is 4.68 Å². The zero-order valence-electron chi connectivity index (χ0n) is 11.9. The molecule has 1 aliphatic heterocycles. The lowest BCUT2D eigenvalue weighted by Crippen LogP contribution is -2.06. The normalized spacial score (nSPS) is 21.4. The van der Waals surface area contributed by atoms with E-state index in [1.165, 1.54) is 27.3 Å². The maximum Gasteiger partial charge on any atom is 0.0914 e. The van der Waals surface area contributed by atoms with Crippen molar-refractivity contribution in [2.24, 2.45) is 0 Å². The Morgan fingerprint density at radius 3 is 3.05 bits per heavy atom. The monoisotopic (exact) mass is 288 g/mol. The van der Waals surface area contributed by atoms with Crippen LogP contribution in [0.4, 0.5) is 5.00 Å². The van der Waals surface area contributed by atoms with Crippen molar-refractivity contribution < 1.29 is 0 Å². The number of nitrogens with one attached hydrogen (secondary N) is 1. The second kappa shape index (κ2) is 4.33. The number of nitrogens with two attached hydrogens (primary N) is 1. The third-order valence-electron chi connectivity index (χ3n) is 4.54. The van der Waals surface area contributed by atoms with Gasteiger partial charge < -0.3 is 11.1 Å². The molecule has 1 fully saturated rings. The summed E-state index contributed by atoms with van der Waals surface area (Å²) >= 11 is 1.74. The largest absolute Gasteiger partial charge is 0.390 e. The van der Waals surface area contributed by atoms with Crippen molar-refractivity contribution in [3.05, 3.63) is 23.0 Å². The van der Waals surface area contributed by atoms with Crippen molar-refractivity contribution in [2.75, 3.05) is 12.3 Å². The molecule has 2 aromatic heterocycles. The molecule has 20 heavy (non-hydrogen) atoms. The maximum absolute atomic E-state index is 6.26. The van der Waals surface area contributed by atoms with Crippen molar-refractivity contribution in [3.8, 4) is 10.4 Å². The van der Waals surface area contributed by atoms with E-state index in [0.29, 0.717) is 12.1 Å². The Bertz CT molecular complexity index is 666. The molecular weight excluding hydrogens is 268 g/mol. The minimum Gasteiger partial charge on any atom is -0.390 e. The zero-order valence-corrected chi connectivity index (χ0v) is 12.8. The molecule has 2 aliphatic rings. The molecule has 0 aromatic carbocycles. The number of hydrogen-bond donors (Lipinski definition) is 2. The van der Waals surface area contributed by atoms with Gasteiger partial charge in [-0.1, -0.05) is 6.92 Å². The highest BCUT2D eigenvalue weighted by Crippen LogP contribution is 2.47. The smallest absolute Gasteiger partial charge is 0.0914 e. The average Bonchev–Trinajstić information content (AvgIpc) is 3.07. The average molecular weight is 288 g/mol. The highest BCUT2D eigenvalue weighted by molar-refractivity contribution is 7.19. The van der Waals surface area contributed by atoms with Gasteiger partial charge in [0.2, 0.25) is 0 Å². The number of aromatic nitrogens is 2. The fourth-order valence-electron chi connectivity index (χ4n) is 3.07. The van der Waals surface area contributed by atoms with Crippen LogP contribution in [0.1, 0.15) is 49.2 Å². The molecule has 2 atom stereocenters. The Balaban J connectivity index is 1.83. The van der Waals surface area contributed by atoms with Crippen molar-refractivity contribution in [1.29, 1.82) is 0 Å². The van der Waals surface area contributed by atoms with Crippen LogP contribution in [0.2, 0.25) is 0 Å². The first-order valence-corrected chi connectivity index (χ1v) is 8.23. The molecule has 5 heteroatoms. The van der Waals surface area contributed by atoms with Crippen LogP contribution in [-0.4, -0.2) is 16.3 Å². The highest BCUT2D eigenvalue weighted by Gasteiger charge is 2.33. The van der Waals surface area contributed by atoms with Crippen LogP contribution in [-0.2, 0) is 12.8 Å². The first-order chi connectivity index (χ1) is 9.69. The van der Waals surface area contributed by atoms with Gasteiger partial charge in [-0.15, -0.1) is 11.3 Å². The Kier molecular flexibility index (Phi) is 2.69. The number of aryl methyl sites for hydroxylation is 1. The van der Waals surface area contributed by atoms with E-state index in [1.807, 2.05) is 0 Å². The van der Waals surface area contributed by atoms with E-state index in [2.05, 4.69) is 30.0 Å². The number of hydrogen-bond acceptors (Lipinski definition) is 4. The molecule has 3 heterocycles. The third-order valence-corrected chi connectivity index (χ3v) is 5.65. The molecule has 2 aromatic rings. The Morgan fingerprint density at radius 2 is 2.35 bits per heavy atom. The van der Waals surface area contributed by atoms with Crippen LogP contribution in [0.25, 0.3) is 10.4 Å². The van der Waals surface area contributed by atoms with Crippen LogP contribution in [0.5, 0.6) is 0 Å². The van der Waals surface area contributed by atoms with Crippen molar-refractivity contribution >= 4 is 16.3 Å². The molecule has 4 nitrogen and oxygen atoms in total. The predicted octanol–water partition coefficient (Wildman–Crippen LogP) is 2.91. The predicted molar refractivity (Wildman–Crippen MR) is 83.1 cm³/mol. The minimum absolute atomic E-state index is 0.464. The first-order valence-electron chi connectivity index (χ1n) is 7.41. The number of anilines is 1. The van der Waals surface area contributed by atoms with Gasteiger partial charge in [0, 0.05) is 40.8 Å². The molecule has 0 saturated carbocycles. The standard InChI is InChI=1S/C15H20N4S/c1-3-8(2)19-7-10-11(18-19)5-4-9-13(12-6-17-12)15(16)20-14(9)10/h7-8,12,17H,3-6,16H2,1-2H3. The minimum atomic E-state index is 0.464. The second-order valence-corrected chi connectivity index (χ2v) is 6.93. The van der Waals surface area contributed by atoms with Crippen LogP contribution in [0, 0.1) is 0 Å². The van der Waals surface area contributed by atoms with E-state index in [9.17, 15) is 0 Å². The number of nitrogen functional groups attached to an aromatic ring is 1. The van der Waals surface area contributed by atoms with Crippen molar-refractivity contribution in [3.63, 3.8) is 0 Å². The highest BCUT2D eigenvalue weighted by atomic mass is 32.1. The summed E-state index contributed by atoms with van der Waals surface area (Å²) in [7, 11) is 0. The molecule has 0 radical (unpaired) electrons. The summed E-state index contributed by atoms with van der Waals surface area (Å²) in [6.45, 7) is 5.50. The Hall–Kier alpha value is -1.33. The second-order valence-electron chi connectivity index (χ2n) is 5.88. The van der Waals surface area contributed by atoms with E-state index in [1.54, 1.807) is 11.3 Å². The van der Waals surface area contributed by atoms with Gasteiger partial charge in [-0.2, -0.15) is 5.10 Å². The molecule has 1 saturated heterocycles. The van der Waals surface area contributed by atoms with E-state index in [-0.39, 0.29) is 0 Å². The number of fused-ring (bicyclic) bond motifs is 3. The zero-order chi connectivity index (χ0) is 13.9. The lowest BCUT2D eigenvalue weighted by atomic mass is 9.93. The van der Waals surface area contributed by atoms with Crippen LogP contribution in [0.15, 0.2) is 6.20 Å². The van der Waals surface area contributed by atoms with Gasteiger partial charge in [0.1, 0.15) is 0 Å². The van der Waals surface area contributed by atoms with E-state index in [4.69, 9.17) is 10.8 Å². The van der Waals surface area contributed by atoms with Gasteiger partial charge >= 0.3 is 0 Å². The first kappa shape index (κ1) is 12.4. The molecule has 1 aliphatic carbocycles. The Morgan fingerprint density at radius 1 is 1.55 bits per heavy atom. The number of thiophene rings is 1. The van der Waals surface area contributed by atoms with Gasteiger partial charge in [0.05, 0.1) is 10.7 Å².